The molecule has 0 N–H and O–H groups in total. The van der Waals surface area contributed by atoms with E-state index in [0.717, 1.165) is 6.42 Å². The first-order valence-corrected chi connectivity index (χ1v) is 6.54. The molecule has 0 bridgehead atoms. The molecule has 76 valence electrons. The van der Waals surface area contributed by atoms with Crippen LogP contribution in [0, 0.1) is 3.57 Å². The van der Waals surface area contributed by atoms with Crippen molar-refractivity contribution in [3.63, 3.8) is 0 Å². The van der Waals surface area contributed by atoms with Gasteiger partial charge in [-0.25, -0.2) is 0 Å². The third-order valence-corrected chi connectivity index (χ3v) is 3.94. The van der Waals surface area contributed by atoms with Crippen molar-refractivity contribution in [2.24, 2.45) is 0 Å². The van der Waals surface area contributed by atoms with Crippen molar-refractivity contribution < 1.29 is 4.79 Å². The van der Waals surface area contributed by atoms with Crippen molar-refractivity contribution in [3.8, 4) is 0 Å². The number of carbonyl (C=O) groups is 1. The molecule has 1 atom stereocenters. The van der Waals surface area contributed by atoms with Gasteiger partial charge in [-0.15, -0.1) is 0 Å². The van der Waals surface area contributed by atoms with Crippen LogP contribution in [0.15, 0.2) is 24.3 Å². The van der Waals surface area contributed by atoms with Crippen LogP contribution < -0.4 is 0 Å². The van der Waals surface area contributed by atoms with Gasteiger partial charge < -0.3 is 0 Å². The summed E-state index contributed by atoms with van der Waals surface area (Å²) in [5, 5.41) is 0. The van der Waals surface area contributed by atoms with E-state index in [0.29, 0.717) is 6.42 Å². The van der Waals surface area contributed by atoms with E-state index in [1.54, 1.807) is 0 Å². The molecule has 0 aliphatic carbocycles. The molecule has 1 aromatic carbocycles. The number of Topliss-reactive ketones (excluding diaryl/α,β-unsaturated/α-hetero) is 1. The predicted octanol–water partition coefficient (Wildman–Crippen LogP) is 3.58. The molecule has 0 heterocycles. The van der Waals surface area contributed by atoms with Crippen LogP contribution in [0.1, 0.15) is 18.9 Å². The molecule has 0 fully saturated rings. The summed E-state index contributed by atoms with van der Waals surface area (Å²) in [5.74, 6) is 0.268. The van der Waals surface area contributed by atoms with Crippen molar-refractivity contribution in [1.29, 1.82) is 0 Å². The van der Waals surface area contributed by atoms with Crippen LogP contribution in [0.3, 0.4) is 0 Å². The fraction of sp³-hybridized carbons (Fsp3) is 0.364. The quantitative estimate of drug-likeness (QED) is 0.588. The second kappa shape index (κ2) is 5.85. The van der Waals surface area contributed by atoms with Crippen molar-refractivity contribution in [3.05, 3.63) is 33.4 Å². The maximum Gasteiger partial charge on any atom is 0.146 e. The van der Waals surface area contributed by atoms with Gasteiger partial charge in [0.1, 0.15) is 5.78 Å². The summed E-state index contributed by atoms with van der Waals surface area (Å²) in [6, 6.07) is 8.15. The van der Waals surface area contributed by atoms with Crippen LogP contribution in [-0.4, -0.2) is 10.6 Å². The third kappa shape index (κ3) is 3.35. The van der Waals surface area contributed by atoms with Gasteiger partial charge in [0.05, 0.1) is 4.83 Å². The van der Waals surface area contributed by atoms with Gasteiger partial charge in [0, 0.05) is 9.99 Å². The molecular formula is C11H12BrIO. The molecule has 0 aromatic heterocycles. The SMILES string of the molecule is CCC(=O)C(Br)Cc1ccccc1I. The lowest BCUT2D eigenvalue weighted by Crippen LogP contribution is -2.15. The van der Waals surface area contributed by atoms with Crippen LogP contribution in [0.5, 0.6) is 0 Å². The van der Waals surface area contributed by atoms with Crippen molar-refractivity contribution in [1.82, 2.24) is 0 Å². The smallest absolute Gasteiger partial charge is 0.146 e. The Morgan fingerprint density at radius 1 is 1.50 bits per heavy atom. The van der Waals surface area contributed by atoms with E-state index in [-0.39, 0.29) is 10.6 Å². The minimum atomic E-state index is -0.0385. The highest BCUT2D eigenvalue weighted by Gasteiger charge is 2.14. The fourth-order valence-electron chi connectivity index (χ4n) is 1.19. The van der Waals surface area contributed by atoms with E-state index >= 15 is 0 Å². The maximum atomic E-state index is 11.4. The summed E-state index contributed by atoms with van der Waals surface area (Å²) >= 11 is 5.72. The number of hydrogen-bond donors (Lipinski definition) is 0. The predicted molar refractivity (Wildman–Crippen MR) is 70.9 cm³/mol. The summed E-state index contributed by atoms with van der Waals surface area (Å²) in [6.45, 7) is 1.90. The minimum Gasteiger partial charge on any atom is -0.298 e. The molecule has 0 radical (unpaired) electrons. The zero-order valence-electron chi connectivity index (χ0n) is 7.97. The zero-order valence-corrected chi connectivity index (χ0v) is 11.7. The normalized spacial score (nSPS) is 12.5. The molecule has 1 nitrogen and oxygen atoms in total. The van der Waals surface area contributed by atoms with Crippen LogP contribution >= 0.6 is 38.5 Å². The van der Waals surface area contributed by atoms with Crippen LogP contribution in [0.4, 0.5) is 0 Å². The average Bonchev–Trinajstić information content (AvgIpc) is 2.20. The summed E-state index contributed by atoms with van der Waals surface area (Å²) in [4.78, 5) is 11.3. The van der Waals surface area contributed by atoms with Gasteiger partial charge in [0.25, 0.3) is 0 Å². The topological polar surface area (TPSA) is 17.1 Å². The zero-order chi connectivity index (χ0) is 10.6. The Morgan fingerprint density at radius 2 is 2.14 bits per heavy atom. The molecule has 0 spiro atoms. The van der Waals surface area contributed by atoms with Crippen LogP contribution in [0.2, 0.25) is 0 Å². The molecular weight excluding hydrogens is 355 g/mol. The van der Waals surface area contributed by atoms with Crippen molar-refractivity contribution >= 4 is 44.3 Å². The second-order valence-electron chi connectivity index (χ2n) is 3.08. The maximum absolute atomic E-state index is 11.4. The second-order valence-corrected chi connectivity index (χ2v) is 5.35. The molecule has 0 amide bonds. The Hall–Kier alpha value is 0.100. The molecule has 0 aliphatic rings. The Morgan fingerprint density at radius 3 is 2.71 bits per heavy atom. The minimum absolute atomic E-state index is 0.0385. The van der Waals surface area contributed by atoms with Gasteiger partial charge in [-0.3, -0.25) is 4.79 Å². The molecule has 3 heteroatoms. The summed E-state index contributed by atoms with van der Waals surface area (Å²) in [7, 11) is 0. The van der Waals surface area contributed by atoms with Gasteiger partial charge in [-0.1, -0.05) is 41.1 Å². The lowest BCUT2D eigenvalue weighted by atomic mass is 10.1. The molecule has 0 saturated heterocycles. The first kappa shape index (κ1) is 12.2. The Kier molecular flexibility index (Phi) is 5.09. The molecule has 0 aliphatic heterocycles. The number of alkyl halides is 1. The lowest BCUT2D eigenvalue weighted by molar-refractivity contribution is -0.118. The highest BCUT2D eigenvalue weighted by molar-refractivity contribution is 14.1. The van der Waals surface area contributed by atoms with Crippen molar-refractivity contribution in [2.45, 2.75) is 24.6 Å². The van der Waals surface area contributed by atoms with Gasteiger partial charge in [0.15, 0.2) is 0 Å². The van der Waals surface area contributed by atoms with E-state index < -0.39 is 0 Å². The number of hydrogen-bond acceptors (Lipinski definition) is 1. The number of halogens is 2. The van der Waals surface area contributed by atoms with E-state index in [2.05, 4.69) is 50.7 Å². The van der Waals surface area contributed by atoms with E-state index in [1.165, 1.54) is 9.13 Å². The van der Waals surface area contributed by atoms with Gasteiger partial charge in [-0.2, -0.15) is 0 Å². The molecule has 14 heavy (non-hydrogen) atoms. The first-order chi connectivity index (χ1) is 6.65. The van der Waals surface area contributed by atoms with Crippen LogP contribution in [-0.2, 0) is 11.2 Å². The number of ketones is 1. The van der Waals surface area contributed by atoms with Crippen LogP contribution in [0.25, 0.3) is 0 Å². The van der Waals surface area contributed by atoms with E-state index in [1.807, 2.05) is 19.1 Å². The Bertz CT molecular complexity index is 325. The molecule has 1 aromatic rings. The lowest BCUT2D eigenvalue weighted by Gasteiger charge is -2.08. The highest BCUT2D eigenvalue weighted by Crippen LogP contribution is 2.17. The number of benzene rings is 1. The summed E-state index contributed by atoms with van der Waals surface area (Å²) < 4.78 is 1.22. The summed E-state index contributed by atoms with van der Waals surface area (Å²) in [5.41, 5.74) is 1.23. The average molecular weight is 367 g/mol. The summed E-state index contributed by atoms with van der Waals surface area (Å²) in [6.07, 6.45) is 1.38. The van der Waals surface area contributed by atoms with Gasteiger partial charge in [0.2, 0.25) is 0 Å². The largest absolute Gasteiger partial charge is 0.298 e. The molecule has 1 rings (SSSR count). The number of carbonyl (C=O) groups excluding carboxylic acids is 1. The van der Waals surface area contributed by atoms with Gasteiger partial charge >= 0.3 is 0 Å². The van der Waals surface area contributed by atoms with E-state index in [4.69, 9.17) is 0 Å². The monoisotopic (exact) mass is 366 g/mol. The fourth-order valence-corrected chi connectivity index (χ4v) is 2.47. The Balaban J connectivity index is 2.69. The molecule has 0 saturated carbocycles. The third-order valence-electron chi connectivity index (χ3n) is 2.05. The van der Waals surface area contributed by atoms with Gasteiger partial charge in [-0.05, 0) is 40.6 Å². The molecule has 1 unspecified atom stereocenters. The van der Waals surface area contributed by atoms with Crippen molar-refractivity contribution in [2.75, 3.05) is 0 Å². The van der Waals surface area contributed by atoms with E-state index in [9.17, 15) is 4.79 Å². The number of rotatable bonds is 4. The first-order valence-electron chi connectivity index (χ1n) is 4.55. The standard InChI is InChI=1S/C11H12BrIO/c1-2-11(14)9(12)7-8-5-3-4-6-10(8)13/h3-6,9H,2,7H2,1H3. The Labute approximate surface area is 107 Å². The highest BCUT2D eigenvalue weighted by atomic mass is 127.